The van der Waals surface area contributed by atoms with Crippen LogP contribution in [0.4, 0.5) is 5.69 Å². The molecule has 2 aliphatic rings. The molecule has 0 radical (unpaired) electrons. The summed E-state index contributed by atoms with van der Waals surface area (Å²) < 4.78 is 10.6. The van der Waals surface area contributed by atoms with Crippen molar-refractivity contribution in [2.75, 3.05) is 32.2 Å². The van der Waals surface area contributed by atoms with Crippen LogP contribution in [0.5, 0.6) is 11.5 Å². The van der Waals surface area contributed by atoms with Gasteiger partial charge in [-0.15, -0.1) is 0 Å². The van der Waals surface area contributed by atoms with Crippen LogP contribution >= 0.6 is 12.2 Å². The molecule has 118 valence electrons. The minimum absolute atomic E-state index is 0.0151. The third-order valence-electron chi connectivity index (χ3n) is 4.01. The molecule has 1 aromatic rings. The molecule has 2 heterocycles. The van der Waals surface area contributed by atoms with Crippen LogP contribution in [0.2, 0.25) is 0 Å². The Morgan fingerprint density at radius 2 is 2.00 bits per heavy atom. The number of hydrogen-bond acceptors (Lipinski definition) is 4. The van der Waals surface area contributed by atoms with Crippen molar-refractivity contribution < 1.29 is 14.3 Å². The number of nitrogens with zero attached hydrogens (tertiary/aromatic N) is 1. The van der Waals surface area contributed by atoms with Crippen molar-refractivity contribution in [3.8, 4) is 11.5 Å². The molecule has 2 aliphatic heterocycles. The number of rotatable bonds is 2. The van der Waals surface area contributed by atoms with Crippen molar-refractivity contribution in [2.45, 2.75) is 12.8 Å². The molecule has 0 atom stereocenters. The third kappa shape index (κ3) is 3.09. The minimum Gasteiger partial charge on any atom is -0.454 e. The van der Waals surface area contributed by atoms with E-state index >= 15 is 0 Å². The number of carbonyl (C=O) groups is 1. The second-order valence-corrected chi connectivity index (χ2v) is 5.76. The van der Waals surface area contributed by atoms with E-state index in [9.17, 15) is 4.79 Å². The Morgan fingerprint density at radius 1 is 1.27 bits per heavy atom. The molecule has 22 heavy (non-hydrogen) atoms. The van der Waals surface area contributed by atoms with E-state index in [1.807, 2.05) is 19.2 Å². The number of piperidine rings is 1. The van der Waals surface area contributed by atoms with Gasteiger partial charge in [0.05, 0.1) is 0 Å². The zero-order chi connectivity index (χ0) is 15.5. The summed E-state index contributed by atoms with van der Waals surface area (Å²) in [6.07, 6.45) is 1.61. The third-order valence-corrected chi connectivity index (χ3v) is 4.47. The average molecular weight is 321 g/mol. The smallest absolute Gasteiger partial charge is 0.231 e. The highest BCUT2D eigenvalue weighted by Gasteiger charge is 2.26. The van der Waals surface area contributed by atoms with Crippen molar-refractivity contribution >= 4 is 28.9 Å². The number of ether oxygens (including phenoxy) is 2. The molecular formula is C15H19N3O3S. The Bertz CT molecular complexity index is 585. The van der Waals surface area contributed by atoms with Crippen LogP contribution in [0, 0.1) is 5.92 Å². The zero-order valence-corrected chi connectivity index (χ0v) is 13.2. The Balaban J connectivity index is 1.56. The average Bonchev–Trinajstić information content (AvgIpc) is 3.02. The first-order valence-electron chi connectivity index (χ1n) is 7.34. The summed E-state index contributed by atoms with van der Waals surface area (Å²) in [5, 5.41) is 6.68. The van der Waals surface area contributed by atoms with E-state index < -0.39 is 0 Å². The van der Waals surface area contributed by atoms with Gasteiger partial charge in [0, 0.05) is 37.8 Å². The number of nitrogens with one attached hydrogen (secondary N) is 2. The van der Waals surface area contributed by atoms with E-state index in [1.165, 1.54) is 0 Å². The molecule has 2 N–H and O–H groups in total. The Labute approximate surface area is 134 Å². The van der Waals surface area contributed by atoms with Gasteiger partial charge in [-0.3, -0.25) is 4.79 Å². The largest absolute Gasteiger partial charge is 0.454 e. The molecule has 1 aromatic carbocycles. The lowest BCUT2D eigenvalue weighted by Crippen LogP contribution is -2.44. The quantitative estimate of drug-likeness (QED) is 0.806. The van der Waals surface area contributed by atoms with Gasteiger partial charge in [-0.25, -0.2) is 0 Å². The summed E-state index contributed by atoms with van der Waals surface area (Å²) in [6.45, 7) is 1.84. The Morgan fingerprint density at radius 3 is 2.73 bits per heavy atom. The topological polar surface area (TPSA) is 62.8 Å². The number of amides is 1. The van der Waals surface area contributed by atoms with Gasteiger partial charge in [0.25, 0.3) is 0 Å². The number of hydrogen-bond donors (Lipinski definition) is 2. The van der Waals surface area contributed by atoms with Crippen molar-refractivity contribution in [2.24, 2.45) is 5.92 Å². The molecule has 7 heteroatoms. The number of fused-ring (bicyclic) bond motifs is 1. The lowest BCUT2D eigenvalue weighted by molar-refractivity contribution is -0.120. The SMILES string of the molecule is CNC(=S)N1CCC(C(=O)Nc2ccc3c(c2)OCO3)CC1. The molecule has 0 bridgehead atoms. The van der Waals surface area contributed by atoms with Gasteiger partial charge in [-0.05, 0) is 37.2 Å². The molecule has 0 saturated carbocycles. The van der Waals surface area contributed by atoms with E-state index in [4.69, 9.17) is 21.7 Å². The Hall–Kier alpha value is -2.02. The first-order chi connectivity index (χ1) is 10.7. The van der Waals surface area contributed by atoms with Gasteiger partial charge in [-0.2, -0.15) is 0 Å². The van der Waals surface area contributed by atoms with E-state index in [1.54, 1.807) is 6.07 Å². The molecule has 6 nitrogen and oxygen atoms in total. The molecule has 1 fully saturated rings. The summed E-state index contributed by atoms with van der Waals surface area (Å²) in [5.41, 5.74) is 0.738. The fraction of sp³-hybridized carbons (Fsp3) is 0.467. The maximum Gasteiger partial charge on any atom is 0.231 e. The summed E-state index contributed by atoms with van der Waals surface area (Å²) in [4.78, 5) is 14.5. The fourth-order valence-electron chi connectivity index (χ4n) is 2.72. The summed E-state index contributed by atoms with van der Waals surface area (Å²) in [6, 6.07) is 5.44. The van der Waals surface area contributed by atoms with E-state index in [-0.39, 0.29) is 18.6 Å². The Kier molecular flexibility index (Phi) is 4.33. The number of benzene rings is 1. The number of anilines is 1. The van der Waals surface area contributed by atoms with Gasteiger partial charge in [-0.1, -0.05) is 0 Å². The van der Waals surface area contributed by atoms with Gasteiger partial charge in [0.1, 0.15) is 0 Å². The number of likely N-dealkylation sites (tertiary alicyclic amines) is 1. The van der Waals surface area contributed by atoms with Crippen LogP contribution < -0.4 is 20.1 Å². The highest BCUT2D eigenvalue weighted by molar-refractivity contribution is 7.80. The predicted molar refractivity (Wildman–Crippen MR) is 87.1 cm³/mol. The van der Waals surface area contributed by atoms with Crippen molar-refractivity contribution in [1.29, 1.82) is 0 Å². The summed E-state index contributed by atoms with van der Waals surface area (Å²) in [7, 11) is 1.82. The highest BCUT2D eigenvalue weighted by atomic mass is 32.1. The molecule has 0 aromatic heterocycles. The summed E-state index contributed by atoms with van der Waals surface area (Å²) in [5.74, 6) is 1.45. The molecule has 0 unspecified atom stereocenters. The lowest BCUT2D eigenvalue weighted by atomic mass is 9.96. The van der Waals surface area contributed by atoms with E-state index in [0.29, 0.717) is 11.5 Å². The number of thiocarbonyl (C=S) groups is 1. The van der Waals surface area contributed by atoms with Crippen LogP contribution in [0.25, 0.3) is 0 Å². The second kappa shape index (κ2) is 6.39. The summed E-state index contributed by atoms with van der Waals surface area (Å²) >= 11 is 5.22. The second-order valence-electron chi connectivity index (χ2n) is 5.37. The molecular weight excluding hydrogens is 302 g/mol. The number of carbonyl (C=O) groups excluding carboxylic acids is 1. The minimum atomic E-state index is 0.0151. The van der Waals surface area contributed by atoms with E-state index in [2.05, 4.69) is 15.5 Å². The monoisotopic (exact) mass is 321 g/mol. The molecule has 0 spiro atoms. The van der Waals surface area contributed by atoms with Gasteiger partial charge in [0.2, 0.25) is 12.7 Å². The maximum absolute atomic E-state index is 12.4. The van der Waals surface area contributed by atoms with Crippen LogP contribution in [-0.2, 0) is 4.79 Å². The van der Waals surface area contributed by atoms with Crippen LogP contribution in [-0.4, -0.2) is 42.8 Å². The molecule has 0 aliphatic carbocycles. The standard InChI is InChI=1S/C15H19N3O3S/c1-16-15(22)18-6-4-10(5-7-18)14(19)17-11-2-3-12-13(8-11)21-9-20-12/h2-3,8,10H,4-7,9H2,1H3,(H,16,22)(H,17,19). The van der Waals surface area contributed by atoms with Crippen LogP contribution in [0.15, 0.2) is 18.2 Å². The van der Waals surface area contributed by atoms with Crippen LogP contribution in [0.3, 0.4) is 0 Å². The maximum atomic E-state index is 12.4. The first-order valence-corrected chi connectivity index (χ1v) is 7.75. The van der Waals surface area contributed by atoms with Gasteiger partial charge in [0.15, 0.2) is 16.6 Å². The molecule has 3 rings (SSSR count). The van der Waals surface area contributed by atoms with Gasteiger partial charge < -0.3 is 25.0 Å². The molecule has 1 saturated heterocycles. The van der Waals surface area contributed by atoms with E-state index in [0.717, 1.165) is 36.7 Å². The highest BCUT2D eigenvalue weighted by Crippen LogP contribution is 2.34. The molecule has 1 amide bonds. The lowest BCUT2D eigenvalue weighted by Gasteiger charge is -2.32. The first kappa shape index (κ1) is 14.9. The van der Waals surface area contributed by atoms with Crippen molar-refractivity contribution in [3.63, 3.8) is 0 Å². The van der Waals surface area contributed by atoms with Gasteiger partial charge >= 0.3 is 0 Å². The van der Waals surface area contributed by atoms with Crippen molar-refractivity contribution in [1.82, 2.24) is 10.2 Å². The zero-order valence-electron chi connectivity index (χ0n) is 12.4. The normalized spacial score (nSPS) is 17.2. The predicted octanol–water partition coefficient (Wildman–Crippen LogP) is 1.57. The van der Waals surface area contributed by atoms with Crippen LogP contribution in [0.1, 0.15) is 12.8 Å². The fourth-order valence-corrected chi connectivity index (χ4v) is 2.90. The van der Waals surface area contributed by atoms with Crippen molar-refractivity contribution in [3.05, 3.63) is 18.2 Å².